The van der Waals surface area contributed by atoms with Gasteiger partial charge < -0.3 is 9.80 Å². The lowest BCUT2D eigenvalue weighted by Crippen LogP contribution is -2.48. The van der Waals surface area contributed by atoms with E-state index in [-0.39, 0.29) is 15.9 Å². The fourth-order valence-electron chi connectivity index (χ4n) is 3.23. The number of amides is 1. The van der Waals surface area contributed by atoms with E-state index in [9.17, 15) is 13.2 Å². The smallest absolute Gasteiger partial charge is 0.263 e. The Morgan fingerprint density at radius 3 is 2.35 bits per heavy atom. The van der Waals surface area contributed by atoms with E-state index < -0.39 is 10.0 Å². The summed E-state index contributed by atoms with van der Waals surface area (Å²) >= 11 is 13.2. The van der Waals surface area contributed by atoms with Crippen LogP contribution >= 0.6 is 34.5 Å². The third kappa shape index (κ3) is 4.93. The van der Waals surface area contributed by atoms with Crippen LogP contribution in [-0.4, -0.2) is 55.6 Å². The van der Waals surface area contributed by atoms with Crippen LogP contribution < -0.4 is 9.62 Å². The molecule has 1 aromatic heterocycles. The summed E-state index contributed by atoms with van der Waals surface area (Å²) < 4.78 is 27.3. The standard InChI is InChI=1S/C19H17Cl2N5O3S2/c20-13-1-6-16(17(21)11-13)18(27)26-9-7-25(8-10-26)14-2-4-15(5-3-14)31(28,29)24-19-23-22-12-30-19/h1-6,11-12H,7-10H2,(H,23,24). The third-order valence-corrected chi connectivity index (χ3v) is 7.46. The molecule has 12 heteroatoms. The number of halogens is 2. The van der Waals surface area contributed by atoms with Gasteiger partial charge in [0.1, 0.15) is 5.51 Å². The quantitative estimate of drug-likeness (QED) is 0.578. The Kier molecular flexibility index (Phi) is 6.33. The van der Waals surface area contributed by atoms with Crippen molar-refractivity contribution in [2.75, 3.05) is 35.8 Å². The number of sulfonamides is 1. The summed E-state index contributed by atoms with van der Waals surface area (Å²) in [4.78, 5) is 16.7. The van der Waals surface area contributed by atoms with Crippen LogP contribution in [0.4, 0.5) is 10.8 Å². The fraction of sp³-hybridized carbons (Fsp3) is 0.211. The molecule has 3 aromatic rings. The van der Waals surface area contributed by atoms with Gasteiger partial charge in [0, 0.05) is 36.9 Å². The van der Waals surface area contributed by atoms with Gasteiger partial charge in [0.15, 0.2) is 0 Å². The van der Waals surface area contributed by atoms with Crippen molar-refractivity contribution in [1.29, 1.82) is 0 Å². The summed E-state index contributed by atoms with van der Waals surface area (Å²) in [6.07, 6.45) is 0. The second kappa shape index (κ2) is 8.99. The highest BCUT2D eigenvalue weighted by Crippen LogP contribution is 2.25. The first kappa shape index (κ1) is 21.8. The van der Waals surface area contributed by atoms with Gasteiger partial charge in [-0.15, -0.1) is 10.2 Å². The monoisotopic (exact) mass is 497 g/mol. The van der Waals surface area contributed by atoms with Gasteiger partial charge in [-0.25, -0.2) is 8.42 Å². The molecule has 1 aliphatic heterocycles. The fourth-order valence-corrected chi connectivity index (χ4v) is 5.41. The van der Waals surface area contributed by atoms with Crippen molar-refractivity contribution in [1.82, 2.24) is 15.1 Å². The van der Waals surface area contributed by atoms with Gasteiger partial charge in [0.2, 0.25) is 5.13 Å². The molecule has 0 spiro atoms. The first-order chi connectivity index (χ1) is 14.8. The molecule has 162 valence electrons. The largest absolute Gasteiger partial charge is 0.368 e. The highest BCUT2D eigenvalue weighted by atomic mass is 35.5. The van der Waals surface area contributed by atoms with Gasteiger partial charge in [-0.2, -0.15) is 0 Å². The molecule has 0 bridgehead atoms. The minimum atomic E-state index is -3.72. The predicted molar refractivity (Wildman–Crippen MR) is 122 cm³/mol. The molecule has 1 amide bonds. The molecule has 0 radical (unpaired) electrons. The van der Waals surface area contributed by atoms with E-state index >= 15 is 0 Å². The number of carbonyl (C=O) groups excluding carboxylic acids is 1. The summed E-state index contributed by atoms with van der Waals surface area (Å²) in [5, 5.41) is 8.34. The first-order valence-corrected chi connectivity index (χ1v) is 12.3. The molecule has 4 rings (SSSR count). The van der Waals surface area contributed by atoms with Gasteiger partial charge in [-0.3, -0.25) is 9.52 Å². The van der Waals surface area contributed by atoms with Crippen LogP contribution in [0.5, 0.6) is 0 Å². The Morgan fingerprint density at radius 1 is 1.03 bits per heavy atom. The van der Waals surface area contributed by atoms with Crippen molar-refractivity contribution < 1.29 is 13.2 Å². The van der Waals surface area contributed by atoms with Crippen molar-refractivity contribution in [3.8, 4) is 0 Å². The third-order valence-electron chi connectivity index (χ3n) is 4.82. The molecule has 0 saturated carbocycles. The van der Waals surface area contributed by atoms with Crippen LogP contribution in [0.15, 0.2) is 52.9 Å². The maximum Gasteiger partial charge on any atom is 0.263 e. The van der Waals surface area contributed by atoms with E-state index in [2.05, 4.69) is 19.8 Å². The molecule has 0 unspecified atom stereocenters. The maximum absolute atomic E-state index is 12.8. The van der Waals surface area contributed by atoms with E-state index in [1.165, 1.54) is 5.51 Å². The van der Waals surface area contributed by atoms with Gasteiger partial charge in [0.25, 0.3) is 15.9 Å². The summed E-state index contributed by atoms with van der Waals surface area (Å²) in [5.41, 5.74) is 2.76. The SMILES string of the molecule is O=C(c1ccc(Cl)cc1Cl)N1CCN(c2ccc(S(=O)(=O)Nc3nncs3)cc2)CC1. The number of rotatable bonds is 5. The Labute approximate surface area is 193 Å². The zero-order valence-electron chi connectivity index (χ0n) is 16.0. The first-order valence-electron chi connectivity index (χ1n) is 9.22. The molecule has 1 aliphatic rings. The number of hydrogen-bond acceptors (Lipinski definition) is 7. The maximum atomic E-state index is 12.8. The molecule has 1 saturated heterocycles. The number of carbonyl (C=O) groups is 1. The van der Waals surface area contributed by atoms with Crippen molar-refractivity contribution >= 4 is 61.3 Å². The van der Waals surface area contributed by atoms with E-state index in [1.54, 1.807) is 47.4 Å². The van der Waals surface area contributed by atoms with Crippen LogP contribution in [-0.2, 0) is 10.0 Å². The number of hydrogen-bond donors (Lipinski definition) is 1. The van der Waals surface area contributed by atoms with Gasteiger partial charge in [-0.05, 0) is 42.5 Å². The number of piperazine rings is 1. The number of nitrogens with one attached hydrogen (secondary N) is 1. The minimum Gasteiger partial charge on any atom is -0.368 e. The Hall–Kier alpha value is -2.40. The second-order valence-corrected chi connectivity index (χ2v) is 10.1. The predicted octanol–water partition coefficient (Wildman–Crippen LogP) is 3.61. The topological polar surface area (TPSA) is 95.5 Å². The Morgan fingerprint density at radius 2 is 1.74 bits per heavy atom. The molecule has 1 fully saturated rings. The molecule has 0 aliphatic carbocycles. The summed E-state index contributed by atoms with van der Waals surface area (Å²) in [5.74, 6) is -0.134. The van der Waals surface area contributed by atoms with Crippen molar-refractivity contribution in [2.45, 2.75) is 4.90 Å². The lowest BCUT2D eigenvalue weighted by molar-refractivity contribution is 0.0747. The second-order valence-electron chi connectivity index (χ2n) is 6.75. The molecule has 2 aromatic carbocycles. The number of benzene rings is 2. The number of aromatic nitrogens is 2. The minimum absolute atomic E-state index is 0.134. The van der Waals surface area contributed by atoms with Crippen molar-refractivity contribution in [3.05, 3.63) is 63.6 Å². The Balaban J connectivity index is 1.39. The Bertz CT molecular complexity index is 1180. The van der Waals surface area contributed by atoms with Crippen LogP contribution in [0.3, 0.4) is 0 Å². The number of anilines is 2. The molecule has 0 atom stereocenters. The normalized spacial score (nSPS) is 14.5. The molecular formula is C19H17Cl2N5O3S2. The molecule has 2 heterocycles. The van der Waals surface area contributed by atoms with E-state index in [1.807, 2.05) is 0 Å². The van der Waals surface area contributed by atoms with Crippen LogP contribution in [0.25, 0.3) is 0 Å². The van der Waals surface area contributed by atoms with Crippen molar-refractivity contribution in [3.63, 3.8) is 0 Å². The van der Waals surface area contributed by atoms with Crippen LogP contribution in [0.2, 0.25) is 10.0 Å². The molecule has 31 heavy (non-hydrogen) atoms. The van der Waals surface area contributed by atoms with Crippen LogP contribution in [0.1, 0.15) is 10.4 Å². The molecular weight excluding hydrogens is 481 g/mol. The lowest BCUT2D eigenvalue weighted by atomic mass is 10.1. The number of nitrogens with zero attached hydrogens (tertiary/aromatic N) is 4. The highest BCUT2D eigenvalue weighted by Gasteiger charge is 2.24. The average molecular weight is 498 g/mol. The van der Waals surface area contributed by atoms with E-state index in [0.29, 0.717) is 41.8 Å². The van der Waals surface area contributed by atoms with Crippen molar-refractivity contribution in [2.24, 2.45) is 0 Å². The lowest BCUT2D eigenvalue weighted by Gasteiger charge is -2.36. The molecule has 8 nitrogen and oxygen atoms in total. The average Bonchev–Trinajstić information content (AvgIpc) is 3.26. The summed E-state index contributed by atoms with van der Waals surface area (Å²) in [6, 6.07) is 11.4. The molecule has 1 N–H and O–H groups in total. The summed E-state index contributed by atoms with van der Waals surface area (Å²) in [6.45, 7) is 2.28. The highest BCUT2D eigenvalue weighted by molar-refractivity contribution is 7.93. The van der Waals surface area contributed by atoms with Gasteiger partial charge in [-0.1, -0.05) is 34.5 Å². The van der Waals surface area contributed by atoms with E-state index in [4.69, 9.17) is 23.2 Å². The zero-order chi connectivity index (χ0) is 22.0. The van der Waals surface area contributed by atoms with Crippen LogP contribution in [0, 0.1) is 0 Å². The summed E-state index contributed by atoms with van der Waals surface area (Å²) in [7, 11) is -3.72. The van der Waals surface area contributed by atoms with Gasteiger partial charge in [0.05, 0.1) is 15.5 Å². The van der Waals surface area contributed by atoms with Gasteiger partial charge >= 0.3 is 0 Å². The zero-order valence-corrected chi connectivity index (χ0v) is 19.2. The van der Waals surface area contributed by atoms with E-state index in [0.717, 1.165) is 17.0 Å².